The highest BCUT2D eigenvalue weighted by Crippen LogP contribution is 2.28. The van der Waals surface area contributed by atoms with Crippen molar-refractivity contribution >= 4 is 10.8 Å². The van der Waals surface area contributed by atoms with E-state index in [1.807, 2.05) is 48.5 Å². The quantitative estimate of drug-likeness (QED) is 0.727. The lowest BCUT2D eigenvalue weighted by Gasteiger charge is -2.08. The second-order valence-corrected chi connectivity index (χ2v) is 4.44. The molecule has 0 atom stereocenters. The molecule has 4 nitrogen and oxygen atoms in total. The normalized spacial score (nSPS) is 10.1. The predicted molar refractivity (Wildman–Crippen MR) is 79.5 cm³/mol. The van der Waals surface area contributed by atoms with Gasteiger partial charge >= 0.3 is 0 Å². The van der Waals surface area contributed by atoms with Gasteiger partial charge in [-0.1, -0.05) is 30.3 Å². The third-order valence-electron chi connectivity index (χ3n) is 3.11. The molecule has 0 aliphatic carbocycles. The van der Waals surface area contributed by atoms with Crippen LogP contribution < -0.4 is 9.47 Å². The van der Waals surface area contributed by atoms with Crippen molar-refractivity contribution in [2.75, 3.05) is 7.11 Å². The molecule has 0 N–H and O–H groups in total. The number of rotatable bonds is 3. The van der Waals surface area contributed by atoms with Gasteiger partial charge in [-0.25, -0.2) is 4.98 Å². The van der Waals surface area contributed by atoms with Crippen molar-refractivity contribution < 1.29 is 9.47 Å². The van der Waals surface area contributed by atoms with E-state index in [9.17, 15) is 0 Å². The van der Waals surface area contributed by atoms with E-state index in [0.29, 0.717) is 17.2 Å². The van der Waals surface area contributed by atoms with E-state index in [4.69, 9.17) is 14.7 Å². The lowest BCUT2D eigenvalue weighted by molar-refractivity contribution is 0.404. The van der Waals surface area contributed by atoms with Crippen molar-refractivity contribution in [2.45, 2.75) is 0 Å². The molecule has 21 heavy (non-hydrogen) atoms. The summed E-state index contributed by atoms with van der Waals surface area (Å²) in [5, 5.41) is 11.2. The van der Waals surface area contributed by atoms with Crippen LogP contribution in [0.15, 0.2) is 54.7 Å². The van der Waals surface area contributed by atoms with Crippen LogP contribution in [0.3, 0.4) is 0 Å². The molecule has 0 radical (unpaired) electrons. The third-order valence-corrected chi connectivity index (χ3v) is 3.11. The van der Waals surface area contributed by atoms with Crippen LogP contribution in [0.2, 0.25) is 0 Å². The fourth-order valence-corrected chi connectivity index (χ4v) is 2.09. The Labute approximate surface area is 122 Å². The number of nitrogens with zero attached hydrogens (tertiary/aromatic N) is 2. The number of aromatic nitrogens is 1. The Kier molecular flexibility index (Phi) is 3.40. The summed E-state index contributed by atoms with van der Waals surface area (Å²) in [5.41, 5.74) is 0.239. The summed E-state index contributed by atoms with van der Waals surface area (Å²) in [6.07, 6.45) is 1.51. The SMILES string of the molecule is COc1cc(Oc2ccc3ccccc3c2)cnc1C#N. The van der Waals surface area contributed by atoms with Crippen LogP contribution in [0, 0.1) is 11.3 Å². The zero-order chi connectivity index (χ0) is 14.7. The van der Waals surface area contributed by atoms with Crippen molar-refractivity contribution in [2.24, 2.45) is 0 Å². The Morgan fingerprint density at radius 3 is 2.57 bits per heavy atom. The van der Waals surface area contributed by atoms with E-state index >= 15 is 0 Å². The summed E-state index contributed by atoms with van der Waals surface area (Å²) in [6, 6.07) is 17.5. The lowest BCUT2D eigenvalue weighted by Crippen LogP contribution is -1.93. The summed E-state index contributed by atoms with van der Waals surface area (Å²) in [7, 11) is 1.50. The van der Waals surface area contributed by atoms with Gasteiger partial charge in [-0.15, -0.1) is 0 Å². The molecule has 4 heteroatoms. The second kappa shape index (κ2) is 5.51. The number of methoxy groups -OCH3 is 1. The highest BCUT2D eigenvalue weighted by Gasteiger charge is 2.07. The van der Waals surface area contributed by atoms with Crippen LogP contribution in [0.5, 0.6) is 17.2 Å². The highest BCUT2D eigenvalue weighted by atomic mass is 16.5. The molecule has 0 aliphatic rings. The number of pyridine rings is 1. The predicted octanol–water partition coefficient (Wildman–Crippen LogP) is 3.91. The van der Waals surface area contributed by atoms with Crippen LogP contribution in [-0.2, 0) is 0 Å². The summed E-state index contributed by atoms with van der Waals surface area (Å²) in [4.78, 5) is 4.02. The Hall–Kier alpha value is -3.06. The van der Waals surface area contributed by atoms with Gasteiger partial charge in [0.2, 0.25) is 0 Å². The number of hydrogen-bond acceptors (Lipinski definition) is 4. The fourth-order valence-electron chi connectivity index (χ4n) is 2.09. The molecule has 0 saturated heterocycles. The first-order valence-corrected chi connectivity index (χ1v) is 6.41. The summed E-state index contributed by atoms with van der Waals surface area (Å²) in [5.74, 6) is 1.64. The van der Waals surface area contributed by atoms with Gasteiger partial charge in [-0.2, -0.15) is 5.26 Å². The third kappa shape index (κ3) is 2.63. The molecule has 0 fully saturated rings. The van der Waals surface area contributed by atoms with E-state index in [2.05, 4.69) is 4.98 Å². The molecule has 0 unspecified atom stereocenters. The molecule has 0 bridgehead atoms. The lowest BCUT2D eigenvalue weighted by atomic mass is 10.1. The number of benzene rings is 2. The van der Waals surface area contributed by atoms with Gasteiger partial charge in [-0.05, 0) is 22.9 Å². The van der Waals surface area contributed by atoms with Gasteiger partial charge < -0.3 is 9.47 Å². The minimum atomic E-state index is 0.239. The van der Waals surface area contributed by atoms with Crippen molar-refractivity contribution in [1.82, 2.24) is 4.98 Å². The minimum absolute atomic E-state index is 0.239. The molecule has 1 aromatic heterocycles. The molecule has 0 amide bonds. The Balaban J connectivity index is 1.93. The van der Waals surface area contributed by atoms with Crippen LogP contribution >= 0.6 is 0 Å². The molecule has 0 aliphatic heterocycles. The monoisotopic (exact) mass is 276 g/mol. The molecular weight excluding hydrogens is 264 g/mol. The zero-order valence-corrected chi connectivity index (χ0v) is 11.4. The second-order valence-electron chi connectivity index (χ2n) is 4.44. The number of ether oxygens (including phenoxy) is 2. The maximum Gasteiger partial charge on any atom is 0.182 e. The zero-order valence-electron chi connectivity index (χ0n) is 11.4. The van der Waals surface area contributed by atoms with Crippen molar-refractivity contribution in [3.63, 3.8) is 0 Å². The van der Waals surface area contributed by atoms with Gasteiger partial charge in [0.25, 0.3) is 0 Å². The number of hydrogen-bond donors (Lipinski definition) is 0. The summed E-state index contributed by atoms with van der Waals surface area (Å²) < 4.78 is 10.9. The molecule has 0 spiro atoms. The maximum atomic E-state index is 8.92. The average molecular weight is 276 g/mol. The molecule has 1 heterocycles. The Morgan fingerprint density at radius 2 is 1.81 bits per heavy atom. The van der Waals surface area contributed by atoms with E-state index in [-0.39, 0.29) is 5.69 Å². The van der Waals surface area contributed by atoms with Crippen LogP contribution in [0.1, 0.15) is 5.69 Å². The average Bonchev–Trinajstić information content (AvgIpc) is 2.54. The molecule has 3 rings (SSSR count). The van der Waals surface area contributed by atoms with Gasteiger partial charge in [-0.3, -0.25) is 0 Å². The van der Waals surface area contributed by atoms with Crippen LogP contribution in [0.25, 0.3) is 10.8 Å². The van der Waals surface area contributed by atoms with E-state index in [1.165, 1.54) is 13.3 Å². The van der Waals surface area contributed by atoms with Gasteiger partial charge in [0.15, 0.2) is 11.4 Å². The largest absolute Gasteiger partial charge is 0.494 e. The number of fused-ring (bicyclic) bond motifs is 1. The van der Waals surface area contributed by atoms with Gasteiger partial charge in [0, 0.05) is 6.07 Å². The van der Waals surface area contributed by atoms with Crippen LogP contribution in [0.4, 0.5) is 0 Å². The smallest absolute Gasteiger partial charge is 0.182 e. The molecular formula is C17H12N2O2. The molecule has 2 aromatic carbocycles. The summed E-state index contributed by atoms with van der Waals surface area (Å²) >= 11 is 0. The topological polar surface area (TPSA) is 55.1 Å². The van der Waals surface area contributed by atoms with Gasteiger partial charge in [0.05, 0.1) is 13.3 Å². The standard InChI is InChI=1S/C17H12N2O2/c1-20-17-9-15(11-19-16(17)10-18)21-14-7-6-12-4-2-3-5-13(12)8-14/h2-9,11H,1H3. The van der Waals surface area contributed by atoms with E-state index < -0.39 is 0 Å². The first-order valence-electron chi connectivity index (χ1n) is 6.41. The fraction of sp³-hybridized carbons (Fsp3) is 0.0588. The van der Waals surface area contributed by atoms with Crippen molar-refractivity contribution in [3.05, 3.63) is 60.4 Å². The molecule has 102 valence electrons. The van der Waals surface area contributed by atoms with E-state index in [1.54, 1.807) is 6.07 Å². The highest BCUT2D eigenvalue weighted by molar-refractivity contribution is 5.83. The molecule has 3 aromatic rings. The first-order chi connectivity index (χ1) is 10.3. The van der Waals surface area contributed by atoms with Crippen LogP contribution in [-0.4, -0.2) is 12.1 Å². The van der Waals surface area contributed by atoms with Crippen molar-refractivity contribution in [3.8, 4) is 23.3 Å². The maximum absolute atomic E-state index is 8.92. The minimum Gasteiger partial charge on any atom is -0.494 e. The summed E-state index contributed by atoms with van der Waals surface area (Å²) in [6.45, 7) is 0. The van der Waals surface area contributed by atoms with Crippen molar-refractivity contribution in [1.29, 1.82) is 5.26 Å². The first kappa shape index (κ1) is 12.9. The Bertz CT molecular complexity index is 838. The van der Waals surface area contributed by atoms with Gasteiger partial charge in [0.1, 0.15) is 17.6 Å². The van der Waals surface area contributed by atoms with E-state index in [0.717, 1.165) is 10.8 Å². The molecule has 0 saturated carbocycles. The Morgan fingerprint density at radius 1 is 1.00 bits per heavy atom. The number of nitriles is 1.